The Kier molecular flexibility index (Phi) is 4.25. The molecule has 21 heavy (non-hydrogen) atoms. The first-order valence-corrected chi connectivity index (χ1v) is 7.07. The van der Waals surface area contributed by atoms with Crippen LogP contribution >= 0.6 is 23.2 Å². The Hall–Kier alpha value is -1.59. The summed E-state index contributed by atoms with van der Waals surface area (Å²) >= 11 is 11.9. The third kappa shape index (κ3) is 3.36. The molecule has 0 unspecified atom stereocenters. The van der Waals surface area contributed by atoms with E-state index < -0.39 is 11.4 Å². The molecule has 0 fully saturated rings. The first-order valence-electron chi connectivity index (χ1n) is 6.31. The molecule has 0 atom stereocenters. The molecule has 0 spiro atoms. The van der Waals surface area contributed by atoms with Crippen molar-refractivity contribution in [2.45, 2.75) is 32.7 Å². The van der Waals surface area contributed by atoms with Gasteiger partial charge in [0.1, 0.15) is 0 Å². The van der Waals surface area contributed by atoms with E-state index in [1.165, 1.54) is 0 Å². The second-order valence-corrected chi connectivity index (χ2v) is 6.56. The van der Waals surface area contributed by atoms with E-state index in [1.54, 1.807) is 16.8 Å². The number of rotatable bonds is 3. The van der Waals surface area contributed by atoms with Crippen molar-refractivity contribution >= 4 is 29.2 Å². The highest BCUT2D eigenvalue weighted by Gasteiger charge is 2.28. The quantitative estimate of drug-likeness (QED) is 0.934. The van der Waals surface area contributed by atoms with Gasteiger partial charge in [0.25, 0.3) is 0 Å². The third-order valence-electron chi connectivity index (χ3n) is 2.96. The van der Waals surface area contributed by atoms with Crippen molar-refractivity contribution in [1.82, 2.24) is 15.0 Å². The highest BCUT2D eigenvalue weighted by molar-refractivity contribution is 6.42. The van der Waals surface area contributed by atoms with E-state index in [1.807, 2.05) is 26.8 Å². The molecule has 1 aromatic heterocycles. The zero-order chi connectivity index (χ0) is 15.8. The van der Waals surface area contributed by atoms with Gasteiger partial charge in [-0.2, -0.15) is 0 Å². The zero-order valence-electron chi connectivity index (χ0n) is 11.9. The number of hydrogen-bond acceptors (Lipinski definition) is 3. The third-order valence-corrected chi connectivity index (χ3v) is 3.70. The molecule has 112 valence electrons. The highest BCUT2D eigenvalue weighted by Crippen LogP contribution is 2.27. The van der Waals surface area contributed by atoms with E-state index in [0.717, 1.165) is 5.56 Å². The van der Waals surface area contributed by atoms with Crippen LogP contribution in [0.4, 0.5) is 0 Å². The average Bonchev–Trinajstić information content (AvgIpc) is 2.77. The monoisotopic (exact) mass is 327 g/mol. The molecule has 0 bridgehead atoms. The second-order valence-electron chi connectivity index (χ2n) is 5.75. The van der Waals surface area contributed by atoms with Crippen LogP contribution in [0.3, 0.4) is 0 Å². The van der Waals surface area contributed by atoms with Gasteiger partial charge in [-0.15, -0.1) is 5.10 Å². The number of halogens is 2. The minimum atomic E-state index is -1.08. The predicted octanol–water partition coefficient (Wildman–Crippen LogP) is 3.63. The topological polar surface area (TPSA) is 68.0 Å². The number of aromatic carboxylic acids is 1. The summed E-state index contributed by atoms with van der Waals surface area (Å²) in [6.45, 7) is 6.14. The Morgan fingerprint density at radius 3 is 2.48 bits per heavy atom. The lowest BCUT2D eigenvalue weighted by molar-refractivity contribution is 0.0687. The fourth-order valence-corrected chi connectivity index (χ4v) is 2.44. The van der Waals surface area contributed by atoms with Crippen molar-refractivity contribution in [3.05, 3.63) is 45.2 Å². The summed E-state index contributed by atoms with van der Waals surface area (Å²) in [6.07, 6.45) is 0. The maximum absolute atomic E-state index is 11.3. The van der Waals surface area contributed by atoms with Crippen LogP contribution in [0.15, 0.2) is 18.2 Å². The van der Waals surface area contributed by atoms with Gasteiger partial charge in [-0.1, -0.05) is 55.3 Å². The number of aromatic nitrogens is 3. The lowest BCUT2D eigenvalue weighted by atomic mass is 9.90. The van der Waals surface area contributed by atoms with Crippen molar-refractivity contribution in [3.8, 4) is 0 Å². The maximum atomic E-state index is 11.3. The highest BCUT2D eigenvalue weighted by atomic mass is 35.5. The Bertz CT molecular complexity index is 690. The average molecular weight is 328 g/mol. The van der Waals surface area contributed by atoms with Crippen LogP contribution in [-0.2, 0) is 12.0 Å². The number of hydrogen-bond donors (Lipinski definition) is 1. The van der Waals surface area contributed by atoms with Gasteiger partial charge in [0.2, 0.25) is 0 Å². The van der Waals surface area contributed by atoms with Gasteiger partial charge < -0.3 is 5.11 Å². The predicted molar refractivity (Wildman–Crippen MR) is 81.2 cm³/mol. The van der Waals surface area contributed by atoms with E-state index in [-0.39, 0.29) is 5.69 Å². The fourth-order valence-electron chi connectivity index (χ4n) is 2.12. The molecule has 0 amide bonds. The molecule has 7 heteroatoms. The van der Waals surface area contributed by atoms with Crippen molar-refractivity contribution < 1.29 is 9.90 Å². The largest absolute Gasteiger partial charge is 0.476 e. The van der Waals surface area contributed by atoms with Gasteiger partial charge in [-0.3, -0.25) is 0 Å². The number of benzene rings is 1. The SMILES string of the molecule is CC(C)(C)c1c(C(=O)O)nnn1Cc1ccc(Cl)c(Cl)c1. The summed E-state index contributed by atoms with van der Waals surface area (Å²) in [5.74, 6) is -1.08. The summed E-state index contributed by atoms with van der Waals surface area (Å²) in [6, 6.07) is 5.26. The van der Waals surface area contributed by atoms with Crippen LogP contribution in [0.25, 0.3) is 0 Å². The molecule has 2 aromatic rings. The smallest absolute Gasteiger partial charge is 0.358 e. The van der Waals surface area contributed by atoms with Gasteiger partial charge >= 0.3 is 5.97 Å². The number of carbonyl (C=O) groups is 1. The van der Waals surface area contributed by atoms with Crippen LogP contribution in [-0.4, -0.2) is 26.1 Å². The molecule has 1 heterocycles. The minimum Gasteiger partial charge on any atom is -0.476 e. The Morgan fingerprint density at radius 1 is 1.29 bits per heavy atom. The van der Waals surface area contributed by atoms with Crippen molar-refractivity contribution in [1.29, 1.82) is 0 Å². The van der Waals surface area contributed by atoms with E-state index in [0.29, 0.717) is 22.3 Å². The molecular weight excluding hydrogens is 313 g/mol. The van der Waals surface area contributed by atoms with Crippen LogP contribution < -0.4 is 0 Å². The lowest BCUT2D eigenvalue weighted by Crippen LogP contribution is -2.22. The van der Waals surface area contributed by atoms with Gasteiger partial charge in [0.05, 0.1) is 22.3 Å². The van der Waals surface area contributed by atoms with Crippen molar-refractivity contribution in [2.24, 2.45) is 0 Å². The molecular formula is C14H15Cl2N3O2. The molecule has 1 aromatic carbocycles. The van der Waals surface area contributed by atoms with Crippen LogP contribution in [0, 0.1) is 0 Å². The maximum Gasteiger partial charge on any atom is 0.358 e. The number of carboxylic acid groups (broad SMARTS) is 1. The molecule has 0 aliphatic rings. The standard InChI is InChI=1S/C14H15Cl2N3O2/c1-14(2,3)12-11(13(20)21)17-18-19(12)7-8-4-5-9(15)10(16)6-8/h4-6H,7H2,1-3H3,(H,20,21). The molecule has 0 aliphatic carbocycles. The molecule has 0 aliphatic heterocycles. The van der Waals surface area contributed by atoms with E-state index in [4.69, 9.17) is 23.2 Å². The Labute approximate surface area is 132 Å². The van der Waals surface area contributed by atoms with E-state index in [9.17, 15) is 9.90 Å². The second kappa shape index (κ2) is 5.66. The fraction of sp³-hybridized carbons (Fsp3) is 0.357. The lowest BCUT2D eigenvalue weighted by Gasteiger charge is -2.20. The van der Waals surface area contributed by atoms with Gasteiger partial charge in [0, 0.05) is 5.41 Å². The number of nitrogens with zero attached hydrogens (tertiary/aromatic N) is 3. The summed E-state index contributed by atoms with van der Waals surface area (Å²) in [5, 5.41) is 17.9. The summed E-state index contributed by atoms with van der Waals surface area (Å²) < 4.78 is 1.59. The first kappa shape index (κ1) is 15.8. The molecule has 5 nitrogen and oxygen atoms in total. The van der Waals surface area contributed by atoms with Gasteiger partial charge in [0.15, 0.2) is 5.69 Å². The van der Waals surface area contributed by atoms with Crippen LogP contribution in [0.2, 0.25) is 10.0 Å². The molecule has 1 N–H and O–H groups in total. The van der Waals surface area contributed by atoms with E-state index >= 15 is 0 Å². The Balaban J connectivity index is 2.45. The van der Waals surface area contributed by atoms with Crippen molar-refractivity contribution in [3.63, 3.8) is 0 Å². The van der Waals surface area contributed by atoms with Crippen molar-refractivity contribution in [2.75, 3.05) is 0 Å². The van der Waals surface area contributed by atoms with Gasteiger partial charge in [-0.25, -0.2) is 9.48 Å². The number of carboxylic acids is 1. The minimum absolute atomic E-state index is 0.0254. The molecule has 2 rings (SSSR count). The molecule has 0 saturated carbocycles. The zero-order valence-corrected chi connectivity index (χ0v) is 13.4. The first-order chi connectivity index (χ1) is 9.70. The van der Waals surface area contributed by atoms with Crippen LogP contribution in [0.1, 0.15) is 42.5 Å². The summed E-state index contributed by atoms with van der Waals surface area (Å²) in [4.78, 5) is 11.3. The normalized spacial score (nSPS) is 11.7. The summed E-state index contributed by atoms with van der Waals surface area (Å²) in [5.41, 5.74) is 1.02. The summed E-state index contributed by atoms with van der Waals surface area (Å²) in [7, 11) is 0. The molecule has 0 saturated heterocycles. The molecule has 0 radical (unpaired) electrons. The van der Waals surface area contributed by atoms with Gasteiger partial charge in [-0.05, 0) is 17.7 Å². The van der Waals surface area contributed by atoms with Crippen LogP contribution in [0.5, 0.6) is 0 Å². The Morgan fingerprint density at radius 2 is 1.95 bits per heavy atom. The van der Waals surface area contributed by atoms with E-state index in [2.05, 4.69) is 10.3 Å².